The van der Waals surface area contributed by atoms with Crippen molar-refractivity contribution in [1.29, 1.82) is 0 Å². The second-order valence-electron chi connectivity index (χ2n) is 6.34. The minimum Gasteiger partial charge on any atom is -0.456 e. The average molecular weight is 328 g/mol. The monoisotopic (exact) mass is 328 g/mol. The highest BCUT2D eigenvalue weighted by atomic mass is 16.4. The summed E-state index contributed by atoms with van der Waals surface area (Å²) >= 11 is 0. The SMILES string of the molecule is CCc1oc(C(=O)N2CC[C@@H](N(C)Cc3ncccn3)C2)cc1C. The van der Waals surface area contributed by atoms with Crippen LogP contribution in [0, 0.1) is 6.92 Å². The Bertz CT molecular complexity index is 698. The molecular formula is C18H24N4O2. The number of carbonyl (C=O) groups excluding carboxylic acids is 1. The first-order chi connectivity index (χ1) is 11.6. The zero-order valence-corrected chi connectivity index (χ0v) is 14.5. The molecule has 3 heterocycles. The molecule has 0 bridgehead atoms. The van der Waals surface area contributed by atoms with Crippen LogP contribution in [0.25, 0.3) is 0 Å². The minimum absolute atomic E-state index is 0.00957. The summed E-state index contributed by atoms with van der Waals surface area (Å²) in [6.45, 7) is 6.17. The van der Waals surface area contributed by atoms with Gasteiger partial charge in [0, 0.05) is 37.9 Å². The van der Waals surface area contributed by atoms with Gasteiger partial charge in [0.2, 0.25) is 0 Å². The van der Waals surface area contributed by atoms with Crippen molar-refractivity contribution in [3.8, 4) is 0 Å². The molecule has 0 N–H and O–H groups in total. The summed E-state index contributed by atoms with van der Waals surface area (Å²) < 4.78 is 5.70. The lowest BCUT2D eigenvalue weighted by molar-refractivity contribution is 0.0746. The summed E-state index contributed by atoms with van der Waals surface area (Å²) in [4.78, 5) is 25.3. The fraction of sp³-hybridized carbons (Fsp3) is 0.500. The zero-order valence-electron chi connectivity index (χ0n) is 14.5. The van der Waals surface area contributed by atoms with Crippen LogP contribution >= 0.6 is 0 Å². The largest absolute Gasteiger partial charge is 0.456 e. The highest BCUT2D eigenvalue weighted by Gasteiger charge is 2.31. The number of nitrogens with zero attached hydrogens (tertiary/aromatic N) is 4. The summed E-state index contributed by atoms with van der Waals surface area (Å²) in [5, 5.41) is 0. The molecule has 2 aromatic heterocycles. The predicted molar refractivity (Wildman–Crippen MR) is 90.6 cm³/mol. The molecule has 0 aliphatic carbocycles. The highest BCUT2D eigenvalue weighted by Crippen LogP contribution is 2.21. The lowest BCUT2D eigenvalue weighted by atomic mass is 10.2. The van der Waals surface area contributed by atoms with Gasteiger partial charge in [-0.1, -0.05) is 6.92 Å². The third kappa shape index (κ3) is 3.48. The highest BCUT2D eigenvalue weighted by molar-refractivity contribution is 5.92. The van der Waals surface area contributed by atoms with Gasteiger partial charge in [-0.25, -0.2) is 9.97 Å². The van der Waals surface area contributed by atoms with Crippen molar-refractivity contribution in [3.63, 3.8) is 0 Å². The molecule has 6 nitrogen and oxygen atoms in total. The number of hydrogen-bond acceptors (Lipinski definition) is 5. The number of likely N-dealkylation sites (tertiary alicyclic amines) is 1. The van der Waals surface area contributed by atoms with Crippen molar-refractivity contribution < 1.29 is 9.21 Å². The molecule has 1 aliphatic rings. The smallest absolute Gasteiger partial charge is 0.289 e. The third-order valence-electron chi connectivity index (χ3n) is 4.64. The van der Waals surface area contributed by atoms with Gasteiger partial charge < -0.3 is 9.32 Å². The van der Waals surface area contributed by atoms with Gasteiger partial charge >= 0.3 is 0 Å². The summed E-state index contributed by atoms with van der Waals surface area (Å²) in [7, 11) is 2.06. The molecular weight excluding hydrogens is 304 g/mol. The molecule has 0 radical (unpaired) electrons. The topological polar surface area (TPSA) is 62.5 Å². The fourth-order valence-corrected chi connectivity index (χ4v) is 3.18. The fourth-order valence-electron chi connectivity index (χ4n) is 3.18. The number of carbonyl (C=O) groups is 1. The Morgan fingerprint density at radius 1 is 1.42 bits per heavy atom. The first-order valence-corrected chi connectivity index (χ1v) is 8.43. The second-order valence-corrected chi connectivity index (χ2v) is 6.34. The van der Waals surface area contributed by atoms with Gasteiger partial charge in [0.1, 0.15) is 11.6 Å². The number of likely N-dealkylation sites (N-methyl/N-ethyl adjacent to an activating group) is 1. The summed E-state index contributed by atoms with van der Waals surface area (Å²) in [6, 6.07) is 3.99. The number of rotatable bonds is 5. The molecule has 0 aromatic carbocycles. The van der Waals surface area contributed by atoms with Crippen LogP contribution in [0.1, 0.15) is 41.0 Å². The third-order valence-corrected chi connectivity index (χ3v) is 4.64. The van der Waals surface area contributed by atoms with Crippen molar-refractivity contribution >= 4 is 5.91 Å². The van der Waals surface area contributed by atoms with Gasteiger partial charge in [-0.3, -0.25) is 9.69 Å². The molecule has 1 saturated heterocycles. The molecule has 0 unspecified atom stereocenters. The van der Waals surface area contributed by atoms with Crippen LogP contribution < -0.4 is 0 Å². The number of furan rings is 1. The van der Waals surface area contributed by atoms with Crippen molar-refractivity contribution in [2.75, 3.05) is 20.1 Å². The molecule has 3 rings (SSSR count). The number of amides is 1. The van der Waals surface area contributed by atoms with Crippen LogP contribution in [0.3, 0.4) is 0 Å². The van der Waals surface area contributed by atoms with Crippen molar-refractivity contribution in [3.05, 3.63) is 47.4 Å². The molecule has 1 atom stereocenters. The molecule has 0 saturated carbocycles. The lowest BCUT2D eigenvalue weighted by Gasteiger charge is -2.23. The Hall–Kier alpha value is -2.21. The van der Waals surface area contributed by atoms with E-state index in [1.54, 1.807) is 12.4 Å². The van der Waals surface area contributed by atoms with E-state index in [9.17, 15) is 4.79 Å². The minimum atomic E-state index is -0.00957. The van der Waals surface area contributed by atoms with E-state index in [0.717, 1.165) is 36.5 Å². The van der Waals surface area contributed by atoms with E-state index >= 15 is 0 Å². The van der Waals surface area contributed by atoms with Crippen LogP contribution in [0.2, 0.25) is 0 Å². The molecule has 0 spiro atoms. The molecule has 24 heavy (non-hydrogen) atoms. The maximum Gasteiger partial charge on any atom is 0.289 e. The molecule has 6 heteroatoms. The van der Waals surface area contributed by atoms with Gasteiger partial charge in [-0.2, -0.15) is 0 Å². The molecule has 2 aromatic rings. The van der Waals surface area contributed by atoms with E-state index in [4.69, 9.17) is 4.42 Å². The Morgan fingerprint density at radius 3 is 2.83 bits per heavy atom. The van der Waals surface area contributed by atoms with Crippen LogP contribution in [0.4, 0.5) is 0 Å². The standard InChI is InChI=1S/C18H24N4O2/c1-4-15-13(2)10-16(24-15)18(23)22-9-6-14(11-22)21(3)12-17-19-7-5-8-20-17/h5,7-8,10,14H,4,6,9,11-12H2,1-3H3/t14-/m1/s1. The summed E-state index contributed by atoms with van der Waals surface area (Å²) in [6.07, 6.45) is 5.27. The van der Waals surface area contributed by atoms with E-state index in [0.29, 0.717) is 24.9 Å². The van der Waals surface area contributed by atoms with Gasteiger partial charge in [0.05, 0.1) is 6.54 Å². The van der Waals surface area contributed by atoms with Gasteiger partial charge in [0.15, 0.2) is 5.76 Å². The van der Waals surface area contributed by atoms with Crippen LogP contribution in [-0.2, 0) is 13.0 Å². The van der Waals surface area contributed by atoms with Gasteiger partial charge in [-0.15, -0.1) is 0 Å². The molecule has 1 amide bonds. The number of hydrogen-bond donors (Lipinski definition) is 0. The van der Waals surface area contributed by atoms with E-state index in [1.165, 1.54) is 0 Å². The second kappa shape index (κ2) is 7.13. The van der Waals surface area contributed by atoms with Crippen molar-refractivity contribution in [2.24, 2.45) is 0 Å². The number of aryl methyl sites for hydroxylation is 2. The molecule has 1 fully saturated rings. The summed E-state index contributed by atoms with van der Waals surface area (Å²) in [5.74, 6) is 2.15. The van der Waals surface area contributed by atoms with Crippen molar-refractivity contribution in [2.45, 2.75) is 39.3 Å². The maximum absolute atomic E-state index is 12.6. The van der Waals surface area contributed by atoms with Crippen LogP contribution in [0.15, 0.2) is 28.9 Å². The Morgan fingerprint density at radius 2 is 2.17 bits per heavy atom. The summed E-state index contributed by atoms with van der Waals surface area (Å²) in [5.41, 5.74) is 1.05. The Balaban J connectivity index is 1.61. The Labute approximate surface area is 142 Å². The van der Waals surface area contributed by atoms with E-state index in [1.807, 2.05) is 30.9 Å². The zero-order chi connectivity index (χ0) is 17.1. The average Bonchev–Trinajstić information content (AvgIpc) is 3.22. The van der Waals surface area contributed by atoms with E-state index in [2.05, 4.69) is 21.9 Å². The van der Waals surface area contributed by atoms with Crippen LogP contribution in [-0.4, -0.2) is 51.9 Å². The van der Waals surface area contributed by atoms with E-state index < -0.39 is 0 Å². The first-order valence-electron chi connectivity index (χ1n) is 8.43. The van der Waals surface area contributed by atoms with Crippen LogP contribution in [0.5, 0.6) is 0 Å². The maximum atomic E-state index is 12.6. The van der Waals surface area contributed by atoms with Gasteiger partial charge in [-0.05, 0) is 38.1 Å². The molecule has 1 aliphatic heterocycles. The van der Waals surface area contributed by atoms with E-state index in [-0.39, 0.29) is 5.91 Å². The predicted octanol–water partition coefficient (Wildman–Crippen LogP) is 2.29. The normalized spacial score (nSPS) is 17.7. The lowest BCUT2D eigenvalue weighted by Crippen LogP contribution is -2.36. The van der Waals surface area contributed by atoms with Gasteiger partial charge in [0.25, 0.3) is 5.91 Å². The quantitative estimate of drug-likeness (QED) is 0.843. The first kappa shape index (κ1) is 16.6. The Kier molecular flexibility index (Phi) is 4.94. The number of aromatic nitrogens is 2. The van der Waals surface area contributed by atoms with Crippen molar-refractivity contribution in [1.82, 2.24) is 19.8 Å². The molecule has 128 valence electrons.